The molecule has 11 heavy (non-hydrogen) atoms. The SMILES string of the molecule is O=S(=O)(Cl)CC1CCOCC1. The van der Waals surface area contributed by atoms with E-state index in [0.29, 0.717) is 13.2 Å². The molecule has 0 bridgehead atoms. The molecule has 0 aliphatic carbocycles. The molecule has 1 heterocycles. The smallest absolute Gasteiger partial charge is 0.232 e. The minimum atomic E-state index is -3.31. The highest BCUT2D eigenvalue weighted by molar-refractivity contribution is 8.13. The molecular formula is C6H11ClO3S. The fraction of sp³-hybridized carbons (Fsp3) is 1.00. The molecule has 1 aliphatic rings. The first-order valence-electron chi connectivity index (χ1n) is 3.58. The lowest BCUT2D eigenvalue weighted by atomic mass is 10.0. The van der Waals surface area contributed by atoms with Gasteiger partial charge < -0.3 is 4.74 Å². The van der Waals surface area contributed by atoms with Crippen LogP contribution in [-0.4, -0.2) is 27.4 Å². The first-order chi connectivity index (χ1) is 5.08. The van der Waals surface area contributed by atoms with Gasteiger partial charge in [0.05, 0.1) is 5.75 Å². The average Bonchev–Trinajstić information content (AvgIpc) is 1.85. The second kappa shape index (κ2) is 3.74. The van der Waals surface area contributed by atoms with Crippen LogP contribution >= 0.6 is 10.7 Å². The molecule has 1 aliphatic heterocycles. The van der Waals surface area contributed by atoms with E-state index < -0.39 is 9.05 Å². The van der Waals surface area contributed by atoms with Crippen molar-refractivity contribution >= 4 is 19.7 Å². The van der Waals surface area contributed by atoms with E-state index in [9.17, 15) is 8.42 Å². The van der Waals surface area contributed by atoms with Gasteiger partial charge in [-0.2, -0.15) is 0 Å². The first-order valence-corrected chi connectivity index (χ1v) is 6.06. The Kier molecular flexibility index (Phi) is 3.16. The van der Waals surface area contributed by atoms with Crippen molar-refractivity contribution in [3.63, 3.8) is 0 Å². The van der Waals surface area contributed by atoms with Crippen LogP contribution in [0.2, 0.25) is 0 Å². The number of halogens is 1. The highest BCUT2D eigenvalue weighted by atomic mass is 35.7. The Hall–Kier alpha value is 0.200. The topological polar surface area (TPSA) is 43.4 Å². The van der Waals surface area contributed by atoms with E-state index in [2.05, 4.69) is 0 Å². The van der Waals surface area contributed by atoms with Crippen LogP contribution in [0.1, 0.15) is 12.8 Å². The summed E-state index contributed by atoms with van der Waals surface area (Å²) >= 11 is 0. The van der Waals surface area contributed by atoms with Crippen LogP contribution in [0.4, 0.5) is 0 Å². The van der Waals surface area contributed by atoms with Crippen LogP contribution in [-0.2, 0) is 13.8 Å². The van der Waals surface area contributed by atoms with Gasteiger partial charge in [0, 0.05) is 23.9 Å². The summed E-state index contributed by atoms with van der Waals surface area (Å²) in [7, 11) is 1.79. The number of hydrogen-bond donors (Lipinski definition) is 0. The van der Waals surface area contributed by atoms with Gasteiger partial charge in [-0.3, -0.25) is 0 Å². The molecule has 3 nitrogen and oxygen atoms in total. The standard InChI is InChI=1S/C6H11ClO3S/c7-11(8,9)5-6-1-3-10-4-2-6/h6H,1-5H2. The molecule has 1 saturated heterocycles. The molecule has 0 saturated carbocycles. The summed E-state index contributed by atoms with van der Waals surface area (Å²) in [5, 5.41) is 0. The summed E-state index contributed by atoms with van der Waals surface area (Å²) in [6.45, 7) is 1.33. The molecule has 1 fully saturated rings. The van der Waals surface area contributed by atoms with Crippen LogP contribution in [0.5, 0.6) is 0 Å². The molecule has 0 aromatic carbocycles. The van der Waals surface area contributed by atoms with E-state index in [0.717, 1.165) is 12.8 Å². The maximum absolute atomic E-state index is 10.6. The third kappa shape index (κ3) is 3.94. The van der Waals surface area contributed by atoms with Crippen molar-refractivity contribution in [1.29, 1.82) is 0 Å². The fourth-order valence-electron chi connectivity index (χ4n) is 1.19. The molecule has 0 aromatic rings. The van der Waals surface area contributed by atoms with E-state index in [-0.39, 0.29) is 11.7 Å². The maximum Gasteiger partial charge on any atom is 0.232 e. The Bertz CT molecular complexity index is 206. The van der Waals surface area contributed by atoms with Crippen molar-refractivity contribution in [3.05, 3.63) is 0 Å². The lowest BCUT2D eigenvalue weighted by Crippen LogP contribution is -2.21. The minimum absolute atomic E-state index is 0.0952. The molecule has 1 rings (SSSR count). The molecule has 0 spiro atoms. The third-order valence-electron chi connectivity index (χ3n) is 1.78. The van der Waals surface area contributed by atoms with Gasteiger partial charge in [0.15, 0.2) is 0 Å². The molecule has 0 aromatic heterocycles. The number of hydrogen-bond acceptors (Lipinski definition) is 3. The monoisotopic (exact) mass is 198 g/mol. The minimum Gasteiger partial charge on any atom is -0.381 e. The Morgan fingerprint density at radius 3 is 2.36 bits per heavy atom. The van der Waals surface area contributed by atoms with Crippen LogP contribution < -0.4 is 0 Å². The Labute approximate surface area is 71.1 Å². The molecule has 0 unspecified atom stereocenters. The van der Waals surface area contributed by atoms with Crippen LogP contribution in [0.25, 0.3) is 0 Å². The van der Waals surface area contributed by atoms with E-state index in [1.165, 1.54) is 0 Å². The Balaban J connectivity index is 2.36. The normalized spacial score (nSPS) is 21.9. The summed E-state index contributed by atoms with van der Waals surface area (Å²) in [5.41, 5.74) is 0. The summed E-state index contributed by atoms with van der Waals surface area (Å²) in [6, 6.07) is 0. The molecule has 0 atom stereocenters. The molecule has 5 heteroatoms. The van der Waals surface area contributed by atoms with Gasteiger partial charge >= 0.3 is 0 Å². The average molecular weight is 199 g/mol. The van der Waals surface area contributed by atoms with Crippen LogP contribution in [0.3, 0.4) is 0 Å². The second-order valence-corrected chi connectivity index (χ2v) is 5.58. The van der Waals surface area contributed by atoms with Crippen LogP contribution in [0.15, 0.2) is 0 Å². The van der Waals surface area contributed by atoms with Gasteiger partial charge in [-0.25, -0.2) is 8.42 Å². The first kappa shape index (κ1) is 9.29. The summed E-state index contributed by atoms with van der Waals surface area (Å²) in [6.07, 6.45) is 1.62. The zero-order valence-corrected chi connectivity index (χ0v) is 7.70. The largest absolute Gasteiger partial charge is 0.381 e. The van der Waals surface area contributed by atoms with Crippen molar-refractivity contribution in [2.75, 3.05) is 19.0 Å². The molecule has 0 N–H and O–H groups in total. The highest BCUT2D eigenvalue weighted by Crippen LogP contribution is 2.17. The van der Waals surface area contributed by atoms with Crippen molar-refractivity contribution in [1.82, 2.24) is 0 Å². The van der Waals surface area contributed by atoms with Crippen LogP contribution in [0, 0.1) is 5.92 Å². The number of ether oxygens (including phenoxy) is 1. The van der Waals surface area contributed by atoms with E-state index >= 15 is 0 Å². The predicted octanol–water partition coefficient (Wildman–Crippen LogP) is 0.982. The van der Waals surface area contributed by atoms with Crippen molar-refractivity contribution in [2.24, 2.45) is 5.92 Å². The van der Waals surface area contributed by atoms with Crippen molar-refractivity contribution in [3.8, 4) is 0 Å². The summed E-state index contributed by atoms with van der Waals surface area (Å²) in [5.74, 6) is 0.295. The van der Waals surface area contributed by atoms with Crippen molar-refractivity contribution in [2.45, 2.75) is 12.8 Å². The van der Waals surface area contributed by atoms with Gasteiger partial charge in [-0.05, 0) is 18.8 Å². The number of rotatable bonds is 2. The van der Waals surface area contributed by atoms with E-state index in [1.807, 2.05) is 0 Å². The molecule has 0 amide bonds. The lowest BCUT2D eigenvalue weighted by molar-refractivity contribution is 0.0724. The zero-order chi connectivity index (χ0) is 8.32. The van der Waals surface area contributed by atoms with E-state index in [4.69, 9.17) is 15.4 Å². The molecular weight excluding hydrogens is 188 g/mol. The molecule has 66 valence electrons. The summed E-state index contributed by atoms with van der Waals surface area (Å²) < 4.78 is 26.3. The van der Waals surface area contributed by atoms with Gasteiger partial charge in [-0.1, -0.05) is 0 Å². The van der Waals surface area contributed by atoms with Gasteiger partial charge in [0.2, 0.25) is 9.05 Å². The lowest BCUT2D eigenvalue weighted by Gasteiger charge is -2.20. The predicted molar refractivity (Wildman–Crippen MR) is 43.2 cm³/mol. The maximum atomic E-state index is 10.6. The molecule has 0 radical (unpaired) electrons. The Morgan fingerprint density at radius 1 is 1.36 bits per heavy atom. The highest BCUT2D eigenvalue weighted by Gasteiger charge is 2.19. The summed E-state index contributed by atoms with van der Waals surface area (Å²) in [4.78, 5) is 0. The quantitative estimate of drug-likeness (QED) is 0.622. The van der Waals surface area contributed by atoms with E-state index in [1.54, 1.807) is 0 Å². The fourth-order valence-corrected chi connectivity index (χ4v) is 2.63. The van der Waals surface area contributed by atoms with Gasteiger partial charge in [0.1, 0.15) is 0 Å². The van der Waals surface area contributed by atoms with Gasteiger partial charge in [0.25, 0.3) is 0 Å². The third-order valence-corrected chi connectivity index (χ3v) is 3.02. The van der Waals surface area contributed by atoms with Gasteiger partial charge in [-0.15, -0.1) is 0 Å². The second-order valence-electron chi connectivity index (χ2n) is 2.76. The van der Waals surface area contributed by atoms with Crippen molar-refractivity contribution < 1.29 is 13.2 Å². The Morgan fingerprint density at radius 2 is 1.91 bits per heavy atom. The zero-order valence-electron chi connectivity index (χ0n) is 6.12.